The molecule has 0 radical (unpaired) electrons. The molecule has 84 valence electrons. The highest BCUT2D eigenvalue weighted by molar-refractivity contribution is 5.92. The summed E-state index contributed by atoms with van der Waals surface area (Å²) < 4.78 is 18.0. The first-order chi connectivity index (χ1) is 7.59. The van der Waals surface area contributed by atoms with Crippen molar-refractivity contribution in [3.8, 4) is 0 Å². The smallest absolute Gasteiger partial charge is 0.414 e. The maximum Gasteiger partial charge on any atom is 0.414 e. The Bertz CT molecular complexity index is 460. The lowest BCUT2D eigenvalue weighted by molar-refractivity contribution is 0.0692. The Morgan fingerprint density at radius 2 is 2.25 bits per heavy atom. The number of carboxylic acids is 1. The Labute approximate surface area is 90.0 Å². The Hall–Kier alpha value is -2.11. The van der Waals surface area contributed by atoms with E-state index in [1.807, 2.05) is 0 Å². The first kappa shape index (κ1) is 10.4. The van der Waals surface area contributed by atoms with Gasteiger partial charge in [-0.2, -0.15) is 0 Å². The lowest BCUT2D eigenvalue weighted by atomic mass is 10.2. The van der Waals surface area contributed by atoms with Crippen LogP contribution in [0.15, 0.2) is 18.2 Å². The fraction of sp³-hybridized carbons (Fsp3) is 0.200. The van der Waals surface area contributed by atoms with Crippen molar-refractivity contribution >= 4 is 17.7 Å². The summed E-state index contributed by atoms with van der Waals surface area (Å²) >= 11 is 0. The van der Waals surface area contributed by atoms with E-state index in [0.29, 0.717) is 12.2 Å². The summed E-state index contributed by atoms with van der Waals surface area (Å²) in [5.41, 5.74) is -0.124. The van der Waals surface area contributed by atoms with Crippen LogP contribution in [0.4, 0.5) is 14.9 Å². The van der Waals surface area contributed by atoms with Crippen molar-refractivity contribution in [2.24, 2.45) is 0 Å². The highest BCUT2D eigenvalue weighted by Crippen LogP contribution is 2.21. The summed E-state index contributed by atoms with van der Waals surface area (Å²) in [4.78, 5) is 23.0. The van der Waals surface area contributed by atoms with Gasteiger partial charge in [0, 0.05) is 0 Å². The Kier molecular flexibility index (Phi) is 2.47. The molecule has 1 aromatic carbocycles. The van der Waals surface area contributed by atoms with Gasteiger partial charge < -0.3 is 9.84 Å². The largest absolute Gasteiger partial charge is 0.478 e. The van der Waals surface area contributed by atoms with E-state index in [1.165, 1.54) is 11.0 Å². The highest BCUT2D eigenvalue weighted by Gasteiger charge is 2.24. The average Bonchev–Trinajstić information content (AvgIpc) is 2.63. The molecule has 1 aromatic rings. The summed E-state index contributed by atoms with van der Waals surface area (Å²) in [5, 5.41) is 8.63. The minimum absolute atomic E-state index is 0.251. The van der Waals surface area contributed by atoms with E-state index in [0.717, 1.165) is 12.1 Å². The van der Waals surface area contributed by atoms with Crippen molar-refractivity contribution in [3.63, 3.8) is 0 Å². The number of rotatable bonds is 2. The van der Waals surface area contributed by atoms with Crippen LogP contribution in [0.5, 0.6) is 0 Å². The van der Waals surface area contributed by atoms with Crippen LogP contribution in [-0.2, 0) is 4.74 Å². The lowest BCUT2D eigenvalue weighted by Crippen LogP contribution is -2.23. The van der Waals surface area contributed by atoms with E-state index < -0.39 is 23.4 Å². The molecule has 1 amide bonds. The zero-order valence-corrected chi connectivity index (χ0v) is 8.14. The number of aromatic carboxylic acids is 1. The summed E-state index contributed by atoms with van der Waals surface area (Å²) in [6.45, 7) is 0.589. The normalized spacial score (nSPS) is 15.1. The second-order valence-corrected chi connectivity index (χ2v) is 3.24. The number of cyclic esters (lactones) is 1. The van der Waals surface area contributed by atoms with E-state index in [-0.39, 0.29) is 6.61 Å². The number of benzene rings is 1. The molecule has 0 saturated carbocycles. The third kappa shape index (κ3) is 1.69. The van der Waals surface area contributed by atoms with Crippen LogP contribution in [0.1, 0.15) is 10.4 Å². The van der Waals surface area contributed by atoms with Gasteiger partial charge in [0.2, 0.25) is 0 Å². The quantitative estimate of drug-likeness (QED) is 0.827. The third-order valence-electron chi connectivity index (χ3n) is 2.26. The molecular weight excluding hydrogens is 217 g/mol. The summed E-state index contributed by atoms with van der Waals surface area (Å²) in [6, 6.07) is 3.51. The van der Waals surface area contributed by atoms with E-state index in [1.54, 1.807) is 0 Å². The van der Waals surface area contributed by atoms with Gasteiger partial charge in [-0.3, -0.25) is 4.90 Å². The van der Waals surface area contributed by atoms with Crippen molar-refractivity contribution in [3.05, 3.63) is 29.6 Å². The number of carbonyl (C=O) groups is 2. The van der Waals surface area contributed by atoms with Gasteiger partial charge >= 0.3 is 12.1 Å². The third-order valence-corrected chi connectivity index (χ3v) is 2.26. The van der Waals surface area contributed by atoms with Crippen molar-refractivity contribution < 1.29 is 23.8 Å². The van der Waals surface area contributed by atoms with Gasteiger partial charge in [0.1, 0.15) is 12.4 Å². The van der Waals surface area contributed by atoms with Crippen LogP contribution in [0.3, 0.4) is 0 Å². The molecule has 1 fully saturated rings. The van der Waals surface area contributed by atoms with Gasteiger partial charge in [-0.05, 0) is 18.2 Å². The van der Waals surface area contributed by atoms with Crippen molar-refractivity contribution in [2.45, 2.75) is 0 Å². The van der Waals surface area contributed by atoms with Crippen LogP contribution in [0.2, 0.25) is 0 Å². The Balaban J connectivity index is 2.34. The molecule has 1 heterocycles. The molecule has 0 aliphatic carbocycles. The summed E-state index contributed by atoms with van der Waals surface area (Å²) in [6.07, 6.45) is -0.553. The number of amides is 1. The van der Waals surface area contributed by atoms with Crippen LogP contribution < -0.4 is 4.90 Å². The Morgan fingerprint density at radius 1 is 1.50 bits per heavy atom. The summed E-state index contributed by atoms with van der Waals surface area (Å²) in [7, 11) is 0. The maximum absolute atomic E-state index is 13.3. The number of nitrogens with zero attached hydrogens (tertiary/aromatic N) is 1. The van der Waals surface area contributed by atoms with Crippen LogP contribution in [-0.4, -0.2) is 30.3 Å². The van der Waals surface area contributed by atoms with Gasteiger partial charge in [0.15, 0.2) is 0 Å². The predicted octanol–water partition coefficient (Wildman–Crippen LogP) is 1.48. The molecule has 16 heavy (non-hydrogen) atoms. The molecular formula is C10H8FNO4. The standard InChI is InChI=1S/C10H8FNO4/c11-8-5-6(1-2-7(8)9(13)14)12-3-4-16-10(12)15/h1-2,5H,3-4H2,(H,13,14). The van der Waals surface area contributed by atoms with Crippen molar-refractivity contribution in [1.29, 1.82) is 0 Å². The molecule has 6 heteroatoms. The summed E-state index contributed by atoms with van der Waals surface area (Å²) in [5.74, 6) is -2.21. The maximum atomic E-state index is 13.3. The number of carbonyl (C=O) groups excluding carboxylic acids is 1. The van der Waals surface area contributed by atoms with E-state index in [2.05, 4.69) is 4.74 Å². The second kappa shape index (κ2) is 3.80. The zero-order chi connectivity index (χ0) is 11.7. The molecule has 5 nitrogen and oxygen atoms in total. The molecule has 1 saturated heterocycles. The fourth-order valence-electron chi connectivity index (χ4n) is 1.47. The van der Waals surface area contributed by atoms with Crippen molar-refractivity contribution in [2.75, 3.05) is 18.1 Å². The minimum Gasteiger partial charge on any atom is -0.478 e. The molecule has 1 N–H and O–H groups in total. The minimum atomic E-state index is -1.34. The number of hydrogen-bond donors (Lipinski definition) is 1. The lowest BCUT2D eigenvalue weighted by Gasteiger charge is -2.12. The van der Waals surface area contributed by atoms with Gasteiger partial charge in [0.25, 0.3) is 0 Å². The first-order valence-corrected chi connectivity index (χ1v) is 4.57. The van der Waals surface area contributed by atoms with E-state index in [9.17, 15) is 14.0 Å². The molecule has 0 aromatic heterocycles. The van der Waals surface area contributed by atoms with Crippen LogP contribution in [0.25, 0.3) is 0 Å². The molecule has 2 rings (SSSR count). The topological polar surface area (TPSA) is 66.8 Å². The van der Waals surface area contributed by atoms with Crippen LogP contribution >= 0.6 is 0 Å². The molecule has 0 unspecified atom stereocenters. The van der Waals surface area contributed by atoms with Gasteiger partial charge in [-0.25, -0.2) is 14.0 Å². The Morgan fingerprint density at radius 3 is 2.75 bits per heavy atom. The number of carboxylic acid groups (broad SMARTS) is 1. The molecule has 0 bridgehead atoms. The predicted molar refractivity (Wildman–Crippen MR) is 52.1 cm³/mol. The number of ether oxygens (including phenoxy) is 1. The number of hydrogen-bond acceptors (Lipinski definition) is 3. The van der Waals surface area contributed by atoms with E-state index in [4.69, 9.17) is 5.11 Å². The number of halogens is 1. The van der Waals surface area contributed by atoms with Gasteiger partial charge in [-0.1, -0.05) is 0 Å². The fourth-order valence-corrected chi connectivity index (χ4v) is 1.47. The molecule has 0 atom stereocenters. The molecule has 1 aliphatic rings. The second-order valence-electron chi connectivity index (χ2n) is 3.24. The molecule has 0 spiro atoms. The molecule has 1 aliphatic heterocycles. The van der Waals surface area contributed by atoms with Gasteiger partial charge in [0.05, 0.1) is 17.8 Å². The van der Waals surface area contributed by atoms with Crippen molar-refractivity contribution in [1.82, 2.24) is 0 Å². The zero-order valence-electron chi connectivity index (χ0n) is 8.14. The first-order valence-electron chi connectivity index (χ1n) is 4.57. The van der Waals surface area contributed by atoms with E-state index >= 15 is 0 Å². The van der Waals surface area contributed by atoms with Gasteiger partial charge in [-0.15, -0.1) is 0 Å². The SMILES string of the molecule is O=C(O)c1ccc(N2CCOC2=O)cc1F. The highest BCUT2D eigenvalue weighted by atomic mass is 19.1. The number of anilines is 1. The average molecular weight is 225 g/mol. The van der Waals surface area contributed by atoms with Crippen LogP contribution in [0, 0.1) is 5.82 Å². The monoisotopic (exact) mass is 225 g/mol.